The van der Waals surface area contributed by atoms with E-state index in [9.17, 15) is 9.90 Å². The van der Waals surface area contributed by atoms with Crippen LogP contribution in [0.1, 0.15) is 66.1 Å². The summed E-state index contributed by atoms with van der Waals surface area (Å²) in [5, 5.41) is 16.8. The van der Waals surface area contributed by atoms with Gasteiger partial charge in [-0.3, -0.25) is 9.69 Å². The largest absolute Gasteiger partial charge is 0.385 e. The minimum absolute atomic E-state index is 0.0344. The number of rotatable bonds is 12. The Morgan fingerprint density at radius 3 is 2.55 bits per heavy atom. The molecule has 0 aliphatic carbocycles. The van der Waals surface area contributed by atoms with Crippen molar-refractivity contribution in [1.29, 1.82) is 0 Å². The first-order valence-corrected chi connectivity index (χ1v) is 16.7. The fourth-order valence-electron chi connectivity index (χ4n) is 6.94. The van der Waals surface area contributed by atoms with Crippen molar-refractivity contribution in [2.24, 2.45) is 5.92 Å². The van der Waals surface area contributed by atoms with Crippen LogP contribution in [0.2, 0.25) is 5.02 Å². The van der Waals surface area contributed by atoms with Gasteiger partial charge in [0.05, 0.1) is 5.60 Å². The number of halogens is 1. The molecule has 2 aliphatic heterocycles. The van der Waals surface area contributed by atoms with Crippen molar-refractivity contribution in [2.45, 2.75) is 57.6 Å². The van der Waals surface area contributed by atoms with Crippen LogP contribution in [0, 0.1) is 5.92 Å². The molecule has 2 saturated heterocycles. The van der Waals surface area contributed by atoms with Gasteiger partial charge in [-0.25, -0.2) is 0 Å². The Bertz CT molecular complexity index is 1370. The lowest BCUT2D eigenvalue weighted by Crippen LogP contribution is -2.48. The van der Waals surface area contributed by atoms with Crippen molar-refractivity contribution in [3.05, 3.63) is 94.0 Å². The van der Waals surface area contributed by atoms with Crippen LogP contribution in [0.3, 0.4) is 0 Å². The van der Waals surface area contributed by atoms with Crippen molar-refractivity contribution >= 4 is 17.5 Å². The van der Waals surface area contributed by atoms with Crippen molar-refractivity contribution in [3.8, 4) is 11.1 Å². The number of methoxy groups -OCH3 is 1. The molecule has 0 bridgehead atoms. The van der Waals surface area contributed by atoms with Crippen LogP contribution in [0.5, 0.6) is 0 Å². The Morgan fingerprint density at radius 2 is 1.80 bits per heavy atom. The molecule has 3 aromatic carbocycles. The average Bonchev–Trinajstić information content (AvgIpc) is 3.07. The number of hydrogen-bond acceptors (Lipinski definition) is 5. The smallest absolute Gasteiger partial charge is 0.253 e. The summed E-state index contributed by atoms with van der Waals surface area (Å²) in [5.41, 5.74) is 4.77. The van der Waals surface area contributed by atoms with Crippen LogP contribution in [0.15, 0.2) is 66.7 Å². The molecule has 7 heteroatoms. The van der Waals surface area contributed by atoms with E-state index in [1.54, 1.807) is 7.11 Å². The number of likely N-dealkylation sites (tertiary alicyclic amines) is 1. The number of aryl methyl sites for hydroxylation is 1. The highest BCUT2D eigenvalue weighted by atomic mass is 35.5. The predicted octanol–water partition coefficient (Wildman–Crippen LogP) is 6.53. The van der Waals surface area contributed by atoms with Crippen LogP contribution in [-0.2, 0) is 23.3 Å². The van der Waals surface area contributed by atoms with Gasteiger partial charge in [0.15, 0.2) is 0 Å². The highest BCUT2D eigenvalue weighted by molar-refractivity contribution is 6.33. The number of nitrogens with one attached hydrogen (secondary N) is 1. The number of hydrogen-bond donors (Lipinski definition) is 2. The molecule has 2 atom stereocenters. The summed E-state index contributed by atoms with van der Waals surface area (Å²) in [6, 6.07) is 22.5. The number of piperidine rings is 1. The second-order valence-corrected chi connectivity index (χ2v) is 12.8. The van der Waals surface area contributed by atoms with Gasteiger partial charge in [-0.15, -0.1) is 0 Å². The summed E-state index contributed by atoms with van der Waals surface area (Å²) >= 11 is 6.92. The first-order chi connectivity index (χ1) is 21.4. The molecule has 0 saturated carbocycles. The lowest BCUT2D eigenvalue weighted by molar-refractivity contribution is -0.0574. The van der Waals surface area contributed by atoms with Crippen molar-refractivity contribution in [2.75, 3.05) is 53.0 Å². The molecule has 2 heterocycles. The fourth-order valence-corrected chi connectivity index (χ4v) is 7.22. The highest BCUT2D eigenvalue weighted by Crippen LogP contribution is 2.46. The maximum absolute atomic E-state index is 13.8. The summed E-state index contributed by atoms with van der Waals surface area (Å²) in [7, 11) is 1.71. The average molecular weight is 618 g/mol. The molecule has 1 amide bonds. The van der Waals surface area contributed by atoms with Crippen LogP contribution in [0.4, 0.5) is 0 Å². The van der Waals surface area contributed by atoms with Crippen LogP contribution >= 0.6 is 11.6 Å². The molecule has 0 spiro atoms. The van der Waals surface area contributed by atoms with E-state index >= 15 is 0 Å². The lowest BCUT2D eigenvalue weighted by atomic mass is 9.72. The fraction of sp³-hybridized carbons (Fsp3) is 0.486. The molecule has 0 radical (unpaired) electrons. The van der Waals surface area contributed by atoms with Crippen LogP contribution in [-0.4, -0.2) is 73.8 Å². The standard InChI is InChI=1S/C37H48ClN3O3/c1-3-28-9-6-10-31(25-28)35-33(12-7-13-34(35)38)37(43,18-4-5-24-44-2)32-11-8-21-41(27-32)36(42)30-16-14-29(15-17-30)26-40-22-19-39-20-23-40/h6-7,9-10,12-17,25,32,39,43H,3-5,8,11,18-24,26-27H2,1-2H3/t32?,37-/m0/s1. The van der Waals surface area contributed by atoms with Gasteiger partial charge in [-0.05, 0) is 79.0 Å². The minimum atomic E-state index is -1.15. The molecule has 1 unspecified atom stereocenters. The second-order valence-electron chi connectivity index (χ2n) is 12.4. The molecular formula is C37H48ClN3O3. The third-order valence-electron chi connectivity index (χ3n) is 9.46. The molecule has 0 aromatic heterocycles. The van der Waals surface area contributed by atoms with E-state index in [4.69, 9.17) is 16.3 Å². The number of carbonyl (C=O) groups is 1. The number of aliphatic hydroxyl groups is 1. The molecule has 6 nitrogen and oxygen atoms in total. The zero-order chi connectivity index (χ0) is 30.9. The minimum Gasteiger partial charge on any atom is -0.385 e. The van der Waals surface area contributed by atoms with E-state index in [1.807, 2.05) is 35.2 Å². The number of unbranched alkanes of at least 4 members (excludes halogenated alkanes) is 1. The Kier molecular flexibility index (Phi) is 11.5. The number of amides is 1. The summed E-state index contributed by atoms with van der Waals surface area (Å²) in [4.78, 5) is 18.2. The molecule has 2 fully saturated rings. The monoisotopic (exact) mass is 617 g/mol. The van der Waals surface area contributed by atoms with E-state index in [0.29, 0.717) is 36.7 Å². The number of piperazine rings is 1. The van der Waals surface area contributed by atoms with Gasteiger partial charge in [-0.1, -0.05) is 67.1 Å². The van der Waals surface area contributed by atoms with Gasteiger partial charge in [0.25, 0.3) is 5.91 Å². The number of nitrogens with zero attached hydrogens (tertiary/aromatic N) is 2. The van der Waals surface area contributed by atoms with Crippen LogP contribution < -0.4 is 5.32 Å². The van der Waals surface area contributed by atoms with E-state index in [2.05, 4.69) is 53.5 Å². The number of benzene rings is 3. The summed E-state index contributed by atoms with van der Waals surface area (Å²) < 4.78 is 5.33. The third-order valence-corrected chi connectivity index (χ3v) is 9.78. The van der Waals surface area contributed by atoms with E-state index in [1.165, 1.54) is 11.1 Å². The first kappa shape index (κ1) is 32.6. The van der Waals surface area contributed by atoms with Crippen molar-refractivity contribution in [3.63, 3.8) is 0 Å². The van der Waals surface area contributed by atoms with Gasteiger partial charge in [0, 0.05) is 81.6 Å². The lowest BCUT2D eigenvalue weighted by Gasteiger charge is -2.44. The van der Waals surface area contributed by atoms with Gasteiger partial charge in [0.2, 0.25) is 0 Å². The van der Waals surface area contributed by atoms with Gasteiger partial charge < -0.3 is 20.1 Å². The first-order valence-electron chi connectivity index (χ1n) is 16.3. The second kappa shape index (κ2) is 15.5. The SMILES string of the molecule is CCc1cccc(-c2c(Cl)cccc2[C@](O)(CCCCOC)C2CCCN(C(=O)c3ccc(CN4CCNCC4)cc3)C2)c1. The number of carbonyl (C=O) groups excluding carboxylic acids is 1. The van der Waals surface area contributed by atoms with Crippen molar-refractivity contribution in [1.82, 2.24) is 15.1 Å². The Morgan fingerprint density at radius 1 is 1.02 bits per heavy atom. The molecule has 44 heavy (non-hydrogen) atoms. The third kappa shape index (κ3) is 7.72. The maximum atomic E-state index is 13.8. The van der Waals surface area contributed by atoms with Gasteiger partial charge >= 0.3 is 0 Å². The highest BCUT2D eigenvalue weighted by Gasteiger charge is 2.43. The Labute approximate surface area is 268 Å². The van der Waals surface area contributed by atoms with Gasteiger partial charge in [0.1, 0.15) is 0 Å². The van der Waals surface area contributed by atoms with Crippen LogP contribution in [0.25, 0.3) is 11.1 Å². The summed E-state index contributed by atoms with van der Waals surface area (Å²) in [6.07, 6.45) is 4.85. The predicted molar refractivity (Wildman–Crippen MR) is 179 cm³/mol. The molecule has 2 N–H and O–H groups in total. The normalized spacial score (nSPS) is 19.1. The topological polar surface area (TPSA) is 65.0 Å². The summed E-state index contributed by atoms with van der Waals surface area (Å²) in [6.45, 7) is 9.03. The zero-order valence-corrected chi connectivity index (χ0v) is 27.1. The maximum Gasteiger partial charge on any atom is 0.253 e. The van der Waals surface area contributed by atoms with E-state index in [-0.39, 0.29) is 11.8 Å². The van der Waals surface area contributed by atoms with E-state index in [0.717, 1.165) is 81.5 Å². The van der Waals surface area contributed by atoms with Gasteiger partial charge in [-0.2, -0.15) is 0 Å². The zero-order valence-electron chi connectivity index (χ0n) is 26.4. The Hall–Kier alpha value is -2.74. The molecule has 5 rings (SSSR count). The van der Waals surface area contributed by atoms with E-state index < -0.39 is 5.60 Å². The summed E-state index contributed by atoms with van der Waals surface area (Å²) in [5.74, 6) is -0.0894. The molecule has 2 aliphatic rings. The molecule has 3 aromatic rings. The van der Waals surface area contributed by atoms with Crippen molar-refractivity contribution < 1.29 is 14.6 Å². The molecular weight excluding hydrogens is 570 g/mol. The number of ether oxygens (including phenoxy) is 1. The quantitative estimate of drug-likeness (QED) is 0.226. The molecule has 236 valence electrons. The Balaban J connectivity index is 1.40.